The van der Waals surface area contributed by atoms with Gasteiger partial charge in [0, 0.05) is 46.2 Å². The topological polar surface area (TPSA) is 262 Å². The Kier molecular flexibility index (Phi) is 47.2. The highest BCUT2D eigenvalue weighted by Gasteiger charge is 2.24. The summed E-state index contributed by atoms with van der Waals surface area (Å²) in [7, 11) is 0. The van der Waals surface area contributed by atoms with Crippen molar-refractivity contribution in [2.75, 3.05) is 32.9 Å². The maximum atomic E-state index is 9.00. The minimum Gasteiger partial charge on any atom is -0.481 e. The molecular formula is C16H38N2O11. The van der Waals surface area contributed by atoms with Gasteiger partial charge in [0.05, 0.1) is 19.8 Å². The fourth-order valence-corrected chi connectivity index (χ4v) is 0.485. The van der Waals surface area contributed by atoms with E-state index in [9.17, 15) is 0 Å². The third-order valence-corrected chi connectivity index (χ3v) is 1.92. The average Bonchev–Trinajstić information content (AvgIpc) is 2.56. The van der Waals surface area contributed by atoms with Gasteiger partial charge in [-0.25, -0.2) is 0 Å². The number of carbonyl (C=O) groups is 4. The number of carboxylic acid groups (broad SMARTS) is 4. The molecule has 29 heavy (non-hydrogen) atoms. The fraction of sp³-hybridized carbons (Fsp3) is 0.750. The summed E-state index contributed by atoms with van der Waals surface area (Å²) in [5.41, 5.74) is 9.14. The summed E-state index contributed by atoms with van der Waals surface area (Å²) in [5.74, 6) is -3.33. The van der Waals surface area contributed by atoms with Crippen LogP contribution in [0.2, 0.25) is 0 Å². The molecule has 0 atom stereocenters. The maximum Gasteiger partial charge on any atom is 0.300 e. The van der Waals surface area contributed by atoms with E-state index in [-0.39, 0.29) is 19.8 Å². The lowest BCUT2D eigenvalue weighted by atomic mass is 9.88. The highest BCUT2D eigenvalue weighted by molar-refractivity contribution is 5.63. The number of hydrogen-bond donors (Lipinski definition) is 9. The van der Waals surface area contributed by atoms with Crippen molar-refractivity contribution >= 4 is 23.9 Å². The number of rotatable bonds is 5. The highest BCUT2D eigenvalue weighted by Crippen LogP contribution is 2.18. The minimum atomic E-state index is -0.833. The molecule has 178 valence electrons. The van der Waals surface area contributed by atoms with Crippen molar-refractivity contribution < 1.29 is 54.9 Å². The van der Waals surface area contributed by atoms with Crippen LogP contribution in [0.1, 0.15) is 41.0 Å². The quantitative estimate of drug-likeness (QED) is 0.242. The van der Waals surface area contributed by atoms with Crippen LogP contribution in [0.25, 0.3) is 0 Å². The van der Waals surface area contributed by atoms with Gasteiger partial charge in [0.15, 0.2) is 0 Å². The number of aliphatic hydroxyl groups is 3. The monoisotopic (exact) mass is 434 g/mol. The zero-order chi connectivity index (χ0) is 25.1. The van der Waals surface area contributed by atoms with E-state index in [1.165, 1.54) is 0 Å². The SMILES string of the molecule is CC(=O)O.CC(=O)O.CC(=O)O.CC(=O)O.CCC(CO)(CO)CO.NCCN. The van der Waals surface area contributed by atoms with Crippen molar-refractivity contribution in [1.29, 1.82) is 0 Å². The average molecular weight is 434 g/mol. The Morgan fingerprint density at radius 2 is 0.759 bits per heavy atom. The molecular weight excluding hydrogens is 396 g/mol. The summed E-state index contributed by atoms with van der Waals surface area (Å²) in [6, 6.07) is 0. The van der Waals surface area contributed by atoms with Gasteiger partial charge in [-0.15, -0.1) is 0 Å². The predicted octanol–water partition coefficient (Wildman–Crippen LogP) is -1.37. The molecule has 0 spiro atoms. The largest absolute Gasteiger partial charge is 0.481 e. The fourth-order valence-electron chi connectivity index (χ4n) is 0.485. The van der Waals surface area contributed by atoms with Crippen molar-refractivity contribution in [2.24, 2.45) is 16.9 Å². The van der Waals surface area contributed by atoms with Gasteiger partial charge in [-0.2, -0.15) is 0 Å². The van der Waals surface area contributed by atoms with Gasteiger partial charge >= 0.3 is 0 Å². The van der Waals surface area contributed by atoms with Gasteiger partial charge in [0.25, 0.3) is 23.9 Å². The number of nitrogens with two attached hydrogens (primary N) is 2. The van der Waals surface area contributed by atoms with Crippen molar-refractivity contribution in [3.8, 4) is 0 Å². The van der Waals surface area contributed by atoms with Crippen LogP contribution < -0.4 is 11.5 Å². The van der Waals surface area contributed by atoms with Crippen LogP contribution in [-0.2, 0) is 19.2 Å². The van der Waals surface area contributed by atoms with Crippen molar-refractivity contribution in [3.63, 3.8) is 0 Å². The van der Waals surface area contributed by atoms with E-state index in [0.717, 1.165) is 27.7 Å². The molecule has 13 nitrogen and oxygen atoms in total. The second-order valence-corrected chi connectivity index (χ2v) is 4.98. The van der Waals surface area contributed by atoms with Crippen molar-refractivity contribution in [1.82, 2.24) is 0 Å². The third kappa shape index (κ3) is 126. The first-order chi connectivity index (χ1) is 13.1. The molecule has 0 saturated heterocycles. The smallest absolute Gasteiger partial charge is 0.300 e. The normalized spacial score (nSPS) is 8.21. The summed E-state index contributed by atoms with van der Waals surface area (Å²) >= 11 is 0. The summed E-state index contributed by atoms with van der Waals surface area (Å²) in [5, 5.41) is 55.6. The zero-order valence-corrected chi connectivity index (χ0v) is 17.7. The second-order valence-electron chi connectivity index (χ2n) is 4.98. The first-order valence-electron chi connectivity index (χ1n) is 8.10. The summed E-state index contributed by atoms with van der Waals surface area (Å²) in [4.78, 5) is 36.0. The second kappa shape index (κ2) is 33.3. The molecule has 0 aliphatic rings. The molecule has 0 aromatic heterocycles. The first-order valence-corrected chi connectivity index (χ1v) is 8.10. The van der Waals surface area contributed by atoms with E-state index < -0.39 is 29.3 Å². The number of aliphatic hydroxyl groups excluding tert-OH is 3. The number of aliphatic carboxylic acids is 4. The molecule has 0 heterocycles. The van der Waals surface area contributed by atoms with E-state index >= 15 is 0 Å². The first kappa shape index (κ1) is 41.1. The zero-order valence-electron chi connectivity index (χ0n) is 17.7. The summed E-state index contributed by atoms with van der Waals surface area (Å²) < 4.78 is 0. The lowest BCUT2D eigenvalue weighted by Crippen LogP contribution is -2.32. The molecule has 0 aliphatic carbocycles. The van der Waals surface area contributed by atoms with E-state index in [1.54, 1.807) is 0 Å². The Morgan fingerprint density at radius 1 is 0.621 bits per heavy atom. The predicted molar refractivity (Wildman–Crippen MR) is 105 cm³/mol. The van der Waals surface area contributed by atoms with Crippen LogP contribution in [0.3, 0.4) is 0 Å². The molecule has 0 unspecified atom stereocenters. The molecule has 0 aliphatic heterocycles. The Bertz CT molecular complexity index is 304. The van der Waals surface area contributed by atoms with Crippen molar-refractivity contribution in [2.45, 2.75) is 41.0 Å². The van der Waals surface area contributed by atoms with Gasteiger partial charge in [-0.05, 0) is 6.42 Å². The van der Waals surface area contributed by atoms with Crippen LogP contribution in [0.15, 0.2) is 0 Å². The molecule has 0 radical (unpaired) electrons. The molecule has 0 rings (SSSR count). The molecule has 0 bridgehead atoms. The van der Waals surface area contributed by atoms with Crippen LogP contribution in [0, 0.1) is 5.41 Å². The van der Waals surface area contributed by atoms with E-state index in [0.29, 0.717) is 19.5 Å². The molecule has 0 aromatic rings. The number of carboxylic acids is 4. The van der Waals surface area contributed by atoms with Crippen LogP contribution in [0.4, 0.5) is 0 Å². The Morgan fingerprint density at radius 3 is 0.759 bits per heavy atom. The molecule has 13 heteroatoms. The van der Waals surface area contributed by atoms with Crippen LogP contribution in [-0.4, -0.2) is 92.5 Å². The van der Waals surface area contributed by atoms with Gasteiger partial charge in [-0.3, -0.25) is 19.2 Å². The van der Waals surface area contributed by atoms with Gasteiger partial charge in [0.1, 0.15) is 0 Å². The summed E-state index contributed by atoms with van der Waals surface area (Å²) in [6.45, 7) is 6.88. The molecule has 0 saturated carbocycles. The van der Waals surface area contributed by atoms with Crippen LogP contribution in [0.5, 0.6) is 0 Å². The van der Waals surface area contributed by atoms with E-state index in [1.807, 2.05) is 6.92 Å². The van der Waals surface area contributed by atoms with Gasteiger partial charge in [0.2, 0.25) is 0 Å². The third-order valence-electron chi connectivity index (χ3n) is 1.92. The van der Waals surface area contributed by atoms with E-state index in [4.69, 9.17) is 66.4 Å². The van der Waals surface area contributed by atoms with Crippen LogP contribution >= 0.6 is 0 Å². The lowest BCUT2D eigenvalue weighted by Gasteiger charge is -2.24. The Hall–Kier alpha value is -2.32. The molecule has 0 aromatic carbocycles. The highest BCUT2D eigenvalue weighted by atomic mass is 16.4. The maximum absolute atomic E-state index is 9.00. The molecule has 11 N–H and O–H groups in total. The van der Waals surface area contributed by atoms with Gasteiger partial charge < -0.3 is 47.2 Å². The Balaban J connectivity index is -0.0000000575. The molecule has 0 fully saturated rings. The summed E-state index contributed by atoms with van der Waals surface area (Å²) in [6.07, 6.45) is 0.594. The Labute approximate surface area is 170 Å². The van der Waals surface area contributed by atoms with E-state index in [2.05, 4.69) is 0 Å². The molecule has 0 amide bonds. The van der Waals surface area contributed by atoms with Crippen molar-refractivity contribution in [3.05, 3.63) is 0 Å². The minimum absolute atomic E-state index is 0.156. The standard InChI is InChI=1S/C6H14O3.C2H8N2.4C2H4O2/c1-2-6(3-7,4-8)5-9;3-1-2-4;4*1-2(3)4/h7-9H,2-5H2,1H3;1-4H2;4*1H3,(H,3,4). The number of hydrogen-bond acceptors (Lipinski definition) is 9. The van der Waals surface area contributed by atoms with Gasteiger partial charge in [-0.1, -0.05) is 6.92 Å². The lowest BCUT2D eigenvalue weighted by molar-refractivity contribution is -0.135.